The van der Waals surface area contributed by atoms with Gasteiger partial charge in [0.25, 0.3) is 0 Å². The van der Waals surface area contributed by atoms with Crippen molar-refractivity contribution < 1.29 is 14.6 Å². The number of carbonyl (C=O) groups is 1. The summed E-state index contributed by atoms with van der Waals surface area (Å²) in [6.45, 7) is 8.43. The first-order chi connectivity index (χ1) is 7.15. The second kappa shape index (κ2) is 4.22. The molecular formula is C11H22N2O3. The van der Waals surface area contributed by atoms with Gasteiger partial charge in [0, 0.05) is 25.6 Å². The van der Waals surface area contributed by atoms with E-state index < -0.39 is 11.2 Å². The summed E-state index contributed by atoms with van der Waals surface area (Å²) in [6, 6.07) is 0. The van der Waals surface area contributed by atoms with E-state index >= 15 is 0 Å². The summed E-state index contributed by atoms with van der Waals surface area (Å²) in [5.41, 5.74) is 4.09. The van der Waals surface area contributed by atoms with Crippen LogP contribution in [0.25, 0.3) is 0 Å². The number of nitrogens with zero attached hydrogens (tertiary/aromatic N) is 1. The van der Waals surface area contributed by atoms with E-state index in [1.165, 1.54) is 0 Å². The molecular weight excluding hydrogens is 208 g/mol. The van der Waals surface area contributed by atoms with Crippen molar-refractivity contribution in [1.29, 1.82) is 0 Å². The molecule has 1 atom stereocenters. The Hall–Kier alpha value is -0.810. The molecule has 5 heteroatoms. The lowest BCUT2D eigenvalue weighted by molar-refractivity contribution is -0.0719. The molecule has 0 bridgehead atoms. The standard InChI is InChI=1S/C11H22N2O3/c1-10(2,3)16-9(14)13-5-8(6-13)11(4,15)7-12/h8,15H,5-7,12H2,1-4H3. The monoisotopic (exact) mass is 230 g/mol. The van der Waals surface area contributed by atoms with Gasteiger partial charge in [0.05, 0.1) is 5.60 Å². The quantitative estimate of drug-likeness (QED) is 0.727. The van der Waals surface area contributed by atoms with Crippen LogP contribution in [0.3, 0.4) is 0 Å². The summed E-state index contributed by atoms with van der Waals surface area (Å²) in [5, 5.41) is 9.87. The molecule has 0 aliphatic carbocycles. The number of carbonyl (C=O) groups excluding carboxylic acids is 1. The molecule has 16 heavy (non-hydrogen) atoms. The summed E-state index contributed by atoms with van der Waals surface area (Å²) in [5.74, 6) is 0.0463. The summed E-state index contributed by atoms with van der Waals surface area (Å²) in [7, 11) is 0. The zero-order chi connectivity index (χ0) is 12.6. The largest absolute Gasteiger partial charge is 0.444 e. The molecule has 0 aromatic heterocycles. The predicted octanol–water partition coefficient (Wildman–Crippen LogP) is 0.563. The maximum Gasteiger partial charge on any atom is 0.410 e. The maximum absolute atomic E-state index is 11.6. The fourth-order valence-electron chi connectivity index (χ4n) is 1.51. The smallest absolute Gasteiger partial charge is 0.410 e. The van der Waals surface area contributed by atoms with Gasteiger partial charge in [-0.05, 0) is 27.7 Å². The molecule has 1 heterocycles. The Bertz CT molecular complexity index is 265. The zero-order valence-corrected chi connectivity index (χ0v) is 10.5. The third kappa shape index (κ3) is 3.09. The number of amides is 1. The van der Waals surface area contributed by atoms with Gasteiger partial charge in [0.2, 0.25) is 0 Å². The van der Waals surface area contributed by atoms with E-state index in [-0.39, 0.29) is 18.6 Å². The first-order valence-corrected chi connectivity index (χ1v) is 5.56. The highest BCUT2D eigenvalue weighted by atomic mass is 16.6. The average Bonchev–Trinajstić information content (AvgIpc) is 1.96. The highest BCUT2D eigenvalue weighted by Crippen LogP contribution is 2.27. The number of rotatable bonds is 2. The number of ether oxygens (including phenoxy) is 1. The van der Waals surface area contributed by atoms with Crippen LogP contribution in [0.15, 0.2) is 0 Å². The van der Waals surface area contributed by atoms with Crippen LogP contribution in [0, 0.1) is 5.92 Å². The molecule has 3 N–H and O–H groups in total. The van der Waals surface area contributed by atoms with Crippen LogP contribution in [0.4, 0.5) is 4.79 Å². The lowest BCUT2D eigenvalue weighted by Gasteiger charge is -2.46. The minimum absolute atomic E-state index is 0.0463. The minimum Gasteiger partial charge on any atom is -0.444 e. The Morgan fingerprint density at radius 3 is 2.31 bits per heavy atom. The number of nitrogens with two attached hydrogens (primary N) is 1. The van der Waals surface area contributed by atoms with Gasteiger partial charge in [-0.2, -0.15) is 0 Å². The highest BCUT2D eigenvalue weighted by molar-refractivity contribution is 5.69. The summed E-state index contributed by atoms with van der Waals surface area (Å²) in [4.78, 5) is 13.2. The fourth-order valence-corrected chi connectivity index (χ4v) is 1.51. The molecule has 0 aromatic rings. The van der Waals surface area contributed by atoms with E-state index in [9.17, 15) is 9.90 Å². The van der Waals surface area contributed by atoms with E-state index in [1.807, 2.05) is 20.8 Å². The van der Waals surface area contributed by atoms with Crippen LogP contribution in [-0.2, 0) is 4.74 Å². The third-order valence-electron chi connectivity index (χ3n) is 2.83. The molecule has 1 saturated heterocycles. The normalized spacial score (nSPS) is 21.2. The van der Waals surface area contributed by atoms with Crippen LogP contribution < -0.4 is 5.73 Å². The topological polar surface area (TPSA) is 75.8 Å². The molecule has 1 aliphatic rings. The van der Waals surface area contributed by atoms with Crippen molar-refractivity contribution >= 4 is 6.09 Å². The van der Waals surface area contributed by atoms with E-state index in [2.05, 4.69) is 0 Å². The van der Waals surface area contributed by atoms with Gasteiger partial charge in [-0.15, -0.1) is 0 Å². The van der Waals surface area contributed by atoms with Gasteiger partial charge in [-0.25, -0.2) is 4.79 Å². The predicted molar refractivity (Wildman–Crippen MR) is 61.0 cm³/mol. The number of likely N-dealkylation sites (tertiary alicyclic amines) is 1. The van der Waals surface area contributed by atoms with Crippen molar-refractivity contribution in [3.05, 3.63) is 0 Å². The zero-order valence-electron chi connectivity index (χ0n) is 10.5. The lowest BCUT2D eigenvalue weighted by atomic mass is 9.83. The van der Waals surface area contributed by atoms with Crippen molar-refractivity contribution in [2.45, 2.75) is 38.9 Å². The number of aliphatic hydroxyl groups is 1. The van der Waals surface area contributed by atoms with Crippen molar-refractivity contribution in [3.8, 4) is 0 Å². The van der Waals surface area contributed by atoms with Gasteiger partial charge in [0.15, 0.2) is 0 Å². The number of hydrogen-bond acceptors (Lipinski definition) is 4. The Morgan fingerprint density at radius 2 is 1.94 bits per heavy atom. The lowest BCUT2D eigenvalue weighted by Crippen LogP contribution is -2.61. The molecule has 1 fully saturated rings. The van der Waals surface area contributed by atoms with Crippen LogP contribution in [-0.4, -0.2) is 46.9 Å². The van der Waals surface area contributed by atoms with E-state index in [4.69, 9.17) is 10.5 Å². The first kappa shape index (κ1) is 13.3. The molecule has 0 saturated carbocycles. The molecule has 5 nitrogen and oxygen atoms in total. The molecule has 1 aliphatic heterocycles. The average molecular weight is 230 g/mol. The van der Waals surface area contributed by atoms with Crippen molar-refractivity contribution in [2.75, 3.05) is 19.6 Å². The molecule has 1 amide bonds. The Balaban J connectivity index is 2.39. The molecule has 0 aromatic carbocycles. The van der Waals surface area contributed by atoms with Crippen LogP contribution in [0.1, 0.15) is 27.7 Å². The first-order valence-electron chi connectivity index (χ1n) is 5.56. The second-order valence-electron chi connectivity index (χ2n) is 5.64. The maximum atomic E-state index is 11.6. The van der Waals surface area contributed by atoms with Gasteiger partial charge in [-0.3, -0.25) is 0 Å². The van der Waals surface area contributed by atoms with Gasteiger partial charge in [-0.1, -0.05) is 0 Å². The summed E-state index contributed by atoms with van der Waals surface area (Å²) in [6.07, 6.45) is -0.323. The Kier molecular flexibility index (Phi) is 3.50. The SMILES string of the molecule is CC(C)(C)OC(=O)N1CC(C(C)(O)CN)C1. The highest BCUT2D eigenvalue weighted by Gasteiger charge is 2.42. The van der Waals surface area contributed by atoms with Crippen LogP contribution in [0.5, 0.6) is 0 Å². The van der Waals surface area contributed by atoms with Crippen molar-refractivity contribution in [1.82, 2.24) is 4.90 Å². The van der Waals surface area contributed by atoms with Crippen molar-refractivity contribution in [2.24, 2.45) is 11.7 Å². The Labute approximate surface area is 96.6 Å². The molecule has 1 unspecified atom stereocenters. The van der Waals surface area contributed by atoms with E-state index in [1.54, 1.807) is 11.8 Å². The Morgan fingerprint density at radius 1 is 1.44 bits per heavy atom. The summed E-state index contributed by atoms with van der Waals surface area (Å²) < 4.78 is 5.21. The van der Waals surface area contributed by atoms with E-state index in [0.717, 1.165) is 0 Å². The third-order valence-corrected chi connectivity index (χ3v) is 2.83. The second-order valence-corrected chi connectivity index (χ2v) is 5.64. The molecule has 94 valence electrons. The molecule has 0 spiro atoms. The van der Waals surface area contributed by atoms with E-state index in [0.29, 0.717) is 13.1 Å². The fraction of sp³-hybridized carbons (Fsp3) is 0.909. The van der Waals surface area contributed by atoms with Gasteiger partial charge < -0.3 is 20.5 Å². The molecule has 1 rings (SSSR count). The van der Waals surface area contributed by atoms with Gasteiger partial charge in [0.1, 0.15) is 5.60 Å². The van der Waals surface area contributed by atoms with Gasteiger partial charge >= 0.3 is 6.09 Å². The molecule has 0 radical (unpaired) electrons. The number of hydrogen-bond donors (Lipinski definition) is 2. The van der Waals surface area contributed by atoms with Crippen LogP contribution in [0.2, 0.25) is 0 Å². The van der Waals surface area contributed by atoms with Crippen LogP contribution >= 0.6 is 0 Å². The van der Waals surface area contributed by atoms with Crippen molar-refractivity contribution in [3.63, 3.8) is 0 Å². The minimum atomic E-state index is -0.890. The summed E-state index contributed by atoms with van der Waals surface area (Å²) >= 11 is 0.